The molecule has 5 rings (SSSR count). The van der Waals surface area contributed by atoms with Gasteiger partial charge in [0, 0.05) is 5.56 Å². The predicted octanol–water partition coefficient (Wildman–Crippen LogP) is 4.60. The van der Waals surface area contributed by atoms with Crippen LogP contribution in [-0.4, -0.2) is 20.9 Å². The highest BCUT2D eigenvalue weighted by atomic mass is 16.1. The minimum Gasteiger partial charge on any atom is -0.345 e. The van der Waals surface area contributed by atoms with Crippen LogP contribution in [0, 0.1) is 6.92 Å². The number of rotatable bonds is 4. The molecule has 1 amide bonds. The molecule has 0 bridgehead atoms. The minimum absolute atomic E-state index is 0.0633. The minimum atomic E-state index is -0.0633. The zero-order chi connectivity index (χ0) is 20.5. The molecule has 0 radical (unpaired) electrons. The van der Waals surface area contributed by atoms with Crippen LogP contribution in [0.2, 0.25) is 0 Å². The van der Waals surface area contributed by atoms with Gasteiger partial charge in [-0.15, -0.1) is 5.10 Å². The van der Waals surface area contributed by atoms with E-state index in [0.717, 1.165) is 30.3 Å². The second-order valence-electron chi connectivity index (χ2n) is 8.05. The molecule has 5 nitrogen and oxygen atoms in total. The third kappa shape index (κ3) is 3.59. The molecular formula is C25H24N4O. The molecule has 1 N–H and O–H groups in total. The van der Waals surface area contributed by atoms with Crippen molar-refractivity contribution >= 4 is 16.9 Å². The number of amides is 1. The van der Waals surface area contributed by atoms with Gasteiger partial charge >= 0.3 is 0 Å². The maximum absolute atomic E-state index is 12.9. The van der Waals surface area contributed by atoms with Crippen molar-refractivity contribution < 1.29 is 4.79 Å². The largest absolute Gasteiger partial charge is 0.345 e. The molecule has 0 aliphatic heterocycles. The maximum Gasteiger partial charge on any atom is 0.251 e. The molecule has 30 heavy (non-hydrogen) atoms. The quantitative estimate of drug-likeness (QED) is 0.549. The van der Waals surface area contributed by atoms with Gasteiger partial charge in [-0.05, 0) is 61.1 Å². The molecule has 4 aromatic rings. The molecule has 1 unspecified atom stereocenters. The fourth-order valence-corrected chi connectivity index (χ4v) is 4.24. The van der Waals surface area contributed by atoms with Gasteiger partial charge in [0.2, 0.25) is 0 Å². The summed E-state index contributed by atoms with van der Waals surface area (Å²) in [5.74, 6) is -0.0633. The number of carbonyl (C=O) groups excluding carboxylic acids is 1. The third-order valence-corrected chi connectivity index (χ3v) is 5.90. The molecule has 0 saturated heterocycles. The van der Waals surface area contributed by atoms with E-state index < -0.39 is 0 Å². The Labute approximate surface area is 175 Å². The molecule has 1 aliphatic rings. The first-order chi connectivity index (χ1) is 14.7. The van der Waals surface area contributed by atoms with Crippen LogP contribution in [0.15, 0.2) is 66.7 Å². The average molecular weight is 396 g/mol. The first-order valence-corrected chi connectivity index (χ1v) is 10.4. The Kier molecular flexibility index (Phi) is 4.79. The molecule has 3 aromatic carbocycles. The maximum atomic E-state index is 12.9. The lowest BCUT2D eigenvalue weighted by molar-refractivity contribution is 0.0933. The normalized spacial score (nSPS) is 15.7. The predicted molar refractivity (Wildman–Crippen MR) is 117 cm³/mol. The van der Waals surface area contributed by atoms with Gasteiger partial charge in [0.1, 0.15) is 5.52 Å². The number of fused-ring (bicyclic) bond motifs is 2. The number of hydrogen-bond acceptors (Lipinski definition) is 3. The van der Waals surface area contributed by atoms with Gasteiger partial charge in [-0.2, -0.15) is 0 Å². The monoisotopic (exact) mass is 396 g/mol. The van der Waals surface area contributed by atoms with Crippen LogP contribution < -0.4 is 5.32 Å². The smallest absolute Gasteiger partial charge is 0.251 e. The van der Waals surface area contributed by atoms with E-state index in [-0.39, 0.29) is 11.9 Å². The highest BCUT2D eigenvalue weighted by Crippen LogP contribution is 2.29. The summed E-state index contributed by atoms with van der Waals surface area (Å²) >= 11 is 0. The van der Waals surface area contributed by atoms with Gasteiger partial charge in [0.25, 0.3) is 5.91 Å². The number of nitrogens with one attached hydrogen (secondary N) is 1. The molecular weight excluding hydrogens is 372 g/mol. The Balaban J connectivity index is 1.35. The fraction of sp³-hybridized carbons (Fsp3) is 0.240. The van der Waals surface area contributed by atoms with Gasteiger partial charge in [-0.3, -0.25) is 4.79 Å². The lowest BCUT2D eigenvalue weighted by Crippen LogP contribution is -2.30. The Bertz CT molecular complexity index is 1210. The van der Waals surface area contributed by atoms with E-state index in [1.54, 1.807) is 0 Å². The Morgan fingerprint density at radius 2 is 1.93 bits per heavy atom. The lowest BCUT2D eigenvalue weighted by Gasteiger charge is -2.26. The van der Waals surface area contributed by atoms with Crippen LogP contribution in [0.1, 0.15) is 51.5 Å². The van der Waals surface area contributed by atoms with Crippen molar-refractivity contribution in [3.05, 3.63) is 94.5 Å². The third-order valence-electron chi connectivity index (χ3n) is 5.90. The second-order valence-corrected chi connectivity index (χ2v) is 8.05. The van der Waals surface area contributed by atoms with Crippen LogP contribution in [0.4, 0.5) is 0 Å². The van der Waals surface area contributed by atoms with Gasteiger partial charge < -0.3 is 5.32 Å². The Morgan fingerprint density at radius 3 is 2.80 bits per heavy atom. The number of carbonyl (C=O) groups is 1. The summed E-state index contributed by atoms with van der Waals surface area (Å²) in [5.41, 5.74) is 7.26. The molecule has 0 spiro atoms. The van der Waals surface area contributed by atoms with Crippen LogP contribution in [0.3, 0.4) is 0 Å². The van der Waals surface area contributed by atoms with E-state index in [4.69, 9.17) is 0 Å². The molecule has 1 aliphatic carbocycles. The SMILES string of the molecule is Cc1ccc(Cn2nnc3cc(C(=O)NC4CCCc5ccccc54)ccc32)cc1. The summed E-state index contributed by atoms with van der Waals surface area (Å²) in [5, 5.41) is 11.8. The highest BCUT2D eigenvalue weighted by molar-refractivity contribution is 5.97. The van der Waals surface area contributed by atoms with Gasteiger partial charge in [0.05, 0.1) is 18.1 Å². The number of nitrogens with zero attached hydrogens (tertiary/aromatic N) is 3. The molecule has 1 atom stereocenters. The first kappa shape index (κ1) is 18.6. The van der Waals surface area contributed by atoms with Crippen LogP contribution >= 0.6 is 0 Å². The van der Waals surface area contributed by atoms with Crippen molar-refractivity contribution in [1.82, 2.24) is 20.3 Å². The van der Waals surface area contributed by atoms with E-state index >= 15 is 0 Å². The zero-order valence-electron chi connectivity index (χ0n) is 17.0. The van der Waals surface area contributed by atoms with Crippen molar-refractivity contribution in [1.29, 1.82) is 0 Å². The van der Waals surface area contributed by atoms with Crippen molar-refractivity contribution in [2.24, 2.45) is 0 Å². The summed E-state index contributed by atoms with van der Waals surface area (Å²) < 4.78 is 1.87. The van der Waals surface area contributed by atoms with E-state index in [9.17, 15) is 4.79 Å². The average Bonchev–Trinajstić information content (AvgIpc) is 3.17. The first-order valence-electron chi connectivity index (χ1n) is 10.4. The summed E-state index contributed by atoms with van der Waals surface area (Å²) in [6, 6.07) is 22.5. The number of hydrogen-bond donors (Lipinski definition) is 1. The van der Waals surface area contributed by atoms with E-state index in [0.29, 0.717) is 12.1 Å². The van der Waals surface area contributed by atoms with E-state index in [2.05, 4.69) is 65.0 Å². The van der Waals surface area contributed by atoms with Gasteiger partial charge in [-0.25, -0.2) is 4.68 Å². The van der Waals surface area contributed by atoms with Gasteiger partial charge in [0.15, 0.2) is 0 Å². The standard InChI is InChI=1S/C25H24N4O/c1-17-9-11-18(12-10-17)16-29-24-14-13-20(15-23(24)27-28-29)25(30)26-22-8-4-6-19-5-2-3-7-21(19)22/h2-3,5,7,9-15,22H,4,6,8,16H2,1H3,(H,26,30). The highest BCUT2D eigenvalue weighted by Gasteiger charge is 2.22. The zero-order valence-corrected chi connectivity index (χ0v) is 17.0. The van der Waals surface area contributed by atoms with Crippen LogP contribution in [-0.2, 0) is 13.0 Å². The number of aryl methyl sites for hydroxylation is 2. The second kappa shape index (κ2) is 7.75. The van der Waals surface area contributed by atoms with E-state index in [1.807, 2.05) is 28.9 Å². The van der Waals surface area contributed by atoms with Crippen molar-refractivity contribution in [2.45, 2.75) is 38.8 Å². The molecule has 1 heterocycles. The summed E-state index contributed by atoms with van der Waals surface area (Å²) in [6.07, 6.45) is 3.14. The fourth-order valence-electron chi connectivity index (χ4n) is 4.24. The summed E-state index contributed by atoms with van der Waals surface area (Å²) in [7, 11) is 0. The topological polar surface area (TPSA) is 59.8 Å². The Morgan fingerprint density at radius 1 is 1.10 bits per heavy atom. The molecule has 1 aromatic heterocycles. The summed E-state index contributed by atoms with van der Waals surface area (Å²) in [4.78, 5) is 12.9. The van der Waals surface area contributed by atoms with Crippen molar-refractivity contribution in [2.75, 3.05) is 0 Å². The van der Waals surface area contributed by atoms with Crippen molar-refractivity contribution in [3.63, 3.8) is 0 Å². The number of aromatic nitrogens is 3. The molecule has 0 fully saturated rings. The molecule has 0 saturated carbocycles. The van der Waals surface area contributed by atoms with Gasteiger partial charge in [-0.1, -0.05) is 59.3 Å². The van der Waals surface area contributed by atoms with Crippen LogP contribution in [0.5, 0.6) is 0 Å². The van der Waals surface area contributed by atoms with Crippen LogP contribution in [0.25, 0.3) is 11.0 Å². The molecule has 5 heteroatoms. The van der Waals surface area contributed by atoms with Crippen molar-refractivity contribution in [3.8, 4) is 0 Å². The lowest BCUT2D eigenvalue weighted by atomic mass is 9.87. The number of benzene rings is 3. The van der Waals surface area contributed by atoms with E-state index in [1.165, 1.54) is 22.3 Å². The summed E-state index contributed by atoms with van der Waals surface area (Å²) in [6.45, 7) is 2.73. The molecule has 150 valence electrons. The Hall–Kier alpha value is -3.47.